The molecule has 0 atom stereocenters. The number of hydrogen-bond acceptors (Lipinski definition) is 8. The van der Waals surface area contributed by atoms with Gasteiger partial charge < -0.3 is 10.1 Å². The molecule has 8 heteroatoms. The molecular weight excluding hydrogens is 276 g/mol. The lowest BCUT2D eigenvalue weighted by Gasteiger charge is -2.08. The maximum Gasteiger partial charge on any atom is 0.323 e. The first-order valence-corrected chi connectivity index (χ1v) is 7.29. The van der Waals surface area contributed by atoms with E-state index in [-0.39, 0.29) is 12.0 Å². The quantitative estimate of drug-likeness (QED) is 0.529. The van der Waals surface area contributed by atoms with E-state index >= 15 is 0 Å². The smallest absolute Gasteiger partial charge is 0.323 e. The summed E-state index contributed by atoms with van der Waals surface area (Å²) < 4.78 is 5.28. The highest BCUT2D eigenvalue weighted by atomic mass is 32.1. The van der Waals surface area contributed by atoms with Crippen molar-refractivity contribution in [3.05, 3.63) is 21.9 Å². The molecular formula is C12H18N6OS. The Morgan fingerprint density at radius 3 is 2.75 bits per heavy atom. The Hall–Kier alpha value is -1.93. The van der Waals surface area contributed by atoms with Crippen molar-refractivity contribution in [1.29, 1.82) is 0 Å². The highest BCUT2D eigenvalue weighted by Gasteiger charge is 2.08. The van der Waals surface area contributed by atoms with Gasteiger partial charge in [0.2, 0.25) is 11.9 Å². The first-order valence-electron chi connectivity index (χ1n) is 6.41. The molecule has 0 radical (unpaired) electrons. The molecule has 0 aliphatic rings. The number of hydrazine groups is 1. The van der Waals surface area contributed by atoms with Crippen LogP contribution < -0.4 is 21.3 Å². The van der Waals surface area contributed by atoms with Crippen molar-refractivity contribution in [1.82, 2.24) is 15.0 Å². The molecule has 0 fully saturated rings. The minimum atomic E-state index is 0.250. The number of anilines is 2. The van der Waals surface area contributed by atoms with E-state index in [1.807, 2.05) is 6.92 Å². The average Bonchev–Trinajstić information content (AvgIpc) is 2.92. The summed E-state index contributed by atoms with van der Waals surface area (Å²) in [5, 5.41) is 5.25. The Morgan fingerprint density at radius 1 is 1.25 bits per heavy atom. The van der Waals surface area contributed by atoms with E-state index in [9.17, 15) is 0 Å². The highest BCUT2D eigenvalue weighted by Crippen LogP contribution is 2.19. The molecule has 2 aromatic heterocycles. The second-order valence-electron chi connectivity index (χ2n) is 3.92. The van der Waals surface area contributed by atoms with Gasteiger partial charge in [0, 0.05) is 4.88 Å². The number of aryl methyl sites for hydroxylation is 1. The summed E-state index contributed by atoms with van der Waals surface area (Å²) in [4.78, 5) is 13.6. The largest absolute Gasteiger partial charge is 0.464 e. The summed E-state index contributed by atoms with van der Waals surface area (Å²) >= 11 is 1.71. The van der Waals surface area contributed by atoms with Crippen LogP contribution >= 0.6 is 11.3 Å². The number of rotatable bonds is 7. The molecule has 2 heterocycles. The van der Waals surface area contributed by atoms with Gasteiger partial charge in [-0.25, -0.2) is 5.84 Å². The monoisotopic (exact) mass is 294 g/mol. The lowest BCUT2D eigenvalue weighted by atomic mass is 10.2. The molecule has 108 valence electrons. The van der Waals surface area contributed by atoms with Gasteiger partial charge in [-0.05, 0) is 30.4 Å². The van der Waals surface area contributed by atoms with Crippen LogP contribution in [0, 0.1) is 0 Å². The second kappa shape index (κ2) is 7.01. The van der Waals surface area contributed by atoms with Crippen LogP contribution in [0.15, 0.2) is 11.4 Å². The van der Waals surface area contributed by atoms with E-state index in [0.717, 1.165) is 6.42 Å². The summed E-state index contributed by atoms with van der Waals surface area (Å²) in [5.41, 5.74) is 3.73. The van der Waals surface area contributed by atoms with Crippen LogP contribution in [-0.2, 0) is 13.0 Å². The minimum absolute atomic E-state index is 0.250. The molecule has 20 heavy (non-hydrogen) atoms. The summed E-state index contributed by atoms with van der Waals surface area (Å²) in [6.07, 6.45) is 1.01. The summed E-state index contributed by atoms with van der Waals surface area (Å²) in [7, 11) is 0. The highest BCUT2D eigenvalue weighted by molar-refractivity contribution is 7.10. The summed E-state index contributed by atoms with van der Waals surface area (Å²) in [6.45, 7) is 5.16. The molecule has 2 aromatic rings. The zero-order chi connectivity index (χ0) is 14.4. The SMILES string of the molecule is CCOc1nc(NN)nc(NCc2sccc2CC)n1. The van der Waals surface area contributed by atoms with Gasteiger partial charge in [0.25, 0.3) is 0 Å². The van der Waals surface area contributed by atoms with E-state index in [4.69, 9.17) is 10.6 Å². The maximum absolute atomic E-state index is 5.34. The molecule has 0 bridgehead atoms. The third-order valence-corrected chi connectivity index (χ3v) is 3.61. The number of thiophene rings is 1. The number of nitrogen functional groups attached to an aromatic ring is 1. The van der Waals surface area contributed by atoms with Gasteiger partial charge in [-0.1, -0.05) is 6.92 Å². The first-order chi connectivity index (χ1) is 9.76. The molecule has 4 N–H and O–H groups in total. The van der Waals surface area contributed by atoms with E-state index in [1.54, 1.807) is 11.3 Å². The molecule has 0 spiro atoms. The van der Waals surface area contributed by atoms with Crippen molar-refractivity contribution in [3.63, 3.8) is 0 Å². The molecule has 7 nitrogen and oxygen atoms in total. The van der Waals surface area contributed by atoms with Crippen molar-refractivity contribution < 1.29 is 4.74 Å². The standard InChI is InChI=1S/C12H18N6OS/c1-3-8-5-6-20-9(8)7-14-10-15-11(18-13)17-12(16-10)19-4-2/h5-6H,3-4,7,13H2,1-2H3,(H2,14,15,16,17,18). The van der Waals surface area contributed by atoms with Crippen LogP contribution in [0.5, 0.6) is 6.01 Å². The fraction of sp³-hybridized carbons (Fsp3) is 0.417. The van der Waals surface area contributed by atoms with Crippen LogP contribution in [0.25, 0.3) is 0 Å². The number of hydrogen-bond donors (Lipinski definition) is 3. The predicted molar refractivity (Wildman–Crippen MR) is 79.8 cm³/mol. The van der Waals surface area contributed by atoms with Gasteiger partial charge in [0.15, 0.2) is 0 Å². The predicted octanol–water partition coefficient (Wildman–Crippen LogP) is 1.79. The fourth-order valence-electron chi connectivity index (χ4n) is 1.69. The number of aromatic nitrogens is 3. The van der Waals surface area contributed by atoms with Gasteiger partial charge in [0.05, 0.1) is 13.2 Å². The molecule has 0 aromatic carbocycles. The van der Waals surface area contributed by atoms with Crippen molar-refractivity contribution in [3.8, 4) is 6.01 Å². The molecule has 0 saturated heterocycles. The van der Waals surface area contributed by atoms with Crippen LogP contribution in [0.1, 0.15) is 24.3 Å². The average molecular weight is 294 g/mol. The Balaban J connectivity index is 2.10. The second-order valence-corrected chi connectivity index (χ2v) is 4.92. The minimum Gasteiger partial charge on any atom is -0.464 e. The number of nitrogens with one attached hydrogen (secondary N) is 2. The zero-order valence-corrected chi connectivity index (χ0v) is 12.3. The zero-order valence-electron chi connectivity index (χ0n) is 11.5. The van der Waals surface area contributed by atoms with Crippen LogP contribution in [0.2, 0.25) is 0 Å². The molecule has 0 aliphatic heterocycles. The molecule has 0 saturated carbocycles. The van der Waals surface area contributed by atoms with Gasteiger partial charge in [0.1, 0.15) is 0 Å². The van der Waals surface area contributed by atoms with Gasteiger partial charge in [-0.3, -0.25) is 5.43 Å². The van der Waals surface area contributed by atoms with Crippen LogP contribution in [0.4, 0.5) is 11.9 Å². The fourth-order valence-corrected chi connectivity index (χ4v) is 2.61. The number of nitrogens with two attached hydrogens (primary N) is 1. The van der Waals surface area contributed by atoms with Crippen molar-refractivity contribution in [2.24, 2.45) is 5.84 Å². The number of ether oxygens (including phenoxy) is 1. The number of nitrogens with zero attached hydrogens (tertiary/aromatic N) is 3. The van der Waals surface area contributed by atoms with Crippen LogP contribution in [0.3, 0.4) is 0 Å². The van der Waals surface area contributed by atoms with Crippen molar-refractivity contribution in [2.75, 3.05) is 17.3 Å². The van der Waals surface area contributed by atoms with Crippen molar-refractivity contribution in [2.45, 2.75) is 26.8 Å². The van der Waals surface area contributed by atoms with E-state index in [1.165, 1.54) is 10.4 Å². The Morgan fingerprint density at radius 2 is 2.05 bits per heavy atom. The van der Waals surface area contributed by atoms with E-state index in [0.29, 0.717) is 19.1 Å². The first kappa shape index (κ1) is 14.5. The Kier molecular flexibility index (Phi) is 5.08. The molecule has 0 unspecified atom stereocenters. The van der Waals surface area contributed by atoms with Gasteiger partial charge in [-0.15, -0.1) is 11.3 Å². The van der Waals surface area contributed by atoms with Crippen molar-refractivity contribution >= 4 is 23.2 Å². The molecule has 0 amide bonds. The Bertz CT molecular complexity index is 559. The summed E-state index contributed by atoms with van der Waals surface area (Å²) in [6, 6.07) is 2.38. The molecule has 0 aliphatic carbocycles. The topological polar surface area (TPSA) is 98.0 Å². The third kappa shape index (κ3) is 3.55. The lowest BCUT2D eigenvalue weighted by Crippen LogP contribution is -2.14. The lowest BCUT2D eigenvalue weighted by molar-refractivity contribution is 0.312. The summed E-state index contributed by atoms with van der Waals surface area (Å²) in [5.74, 6) is 6.04. The van der Waals surface area contributed by atoms with Gasteiger partial charge >= 0.3 is 6.01 Å². The third-order valence-electron chi connectivity index (χ3n) is 2.64. The normalized spacial score (nSPS) is 10.3. The Labute approximate surface area is 121 Å². The maximum atomic E-state index is 5.34. The van der Waals surface area contributed by atoms with E-state index in [2.05, 4.69) is 44.1 Å². The van der Waals surface area contributed by atoms with Crippen LogP contribution in [-0.4, -0.2) is 21.6 Å². The van der Waals surface area contributed by atoms with Gasteiger partial charge in [-0.2, -0.15) is 15.0 Å². The molecule has 2 rings (SSSR count). The van der Waals surface area contributed by atoms with E-state index < -0.39 is 0 Å².